The molecule has 1 amide bonds. The number of aliphatic carboxylic acids is 1. The molecule has 1 fully saturated rings. The van der Waals surface area contributed by atoms with Crippen molar-refractivity contribution in [2.75, 3.05) is 11.9 Å². The van der Waals surface area contributed by atoms with Gasteiger partial charge in [-0.1, -0.05) is 6.07 Å². The van der Waals surface area contributed by atoms with Crippen LogP contribution in [0.5, 0.6) is 0 Å². The van der Waals surface area contributed by atoms with Crippen molar-refractivity contribution < 1.29 is 23.1 Å². The van der Waals surface area contributed by atoms with Gasteiger partial charge in [-0.05, 0) is 43.9 Å². The van der Waals surface area contributed by atoms with Crippen molar-refractivity contribution in [2.24, 2.45) is 0 Å². The van der Waals surface area contributed by atoms with Gasteiger partial charge >= 0.3 is 5.97 Å². The van der Waals surface area contributed by atoms with Crippen LogP contribution in [-0.2, 0) is 19.6 Å². The molecule has 1 aliphatic rings. The van der Waals surface area contributed by atoms with Crippen molar-refractivity contribution in [2.45, 2.75) is 44.0 Å². The van der Waals surface area contributed by atoms with Crippen LogP contribution in [0.25, 0.3) is 0 Å². The number of carboxylic acids is 1. The third kappa shape index (κ3) is 3.70. The normalized spacial score (nSPS) is 19.3. The van der Waals surface area contributed by atoms with Crippen LogP contribution in [0.1, 0.15) is 31.7 Å². The Balaban J connectivity index is 2.42. The smallest absolute Gasteiger partial charge is 0.322 e. The zero-order valence-corrected chi connectivity index (χ0v) is 13.9. The van der Waals surface area contributed by atoms with Crippen LogP contribution in [0, 0.1) is 6.92 Å². The zero-order chi connectivity index (χ0) is 17.2. The van der Waals surface area contributed by atoms with E-state index in [2.05, 4.69) is 5.32 Å². The summed E-state index contributed by atoms with van der Waals surface area (Å²) in [5.74, 6) is -1.44. The van der Waals surface area contributed by atoms with Gasteiger partial charge in [0, 0.05) is 19.2 Å². The highest BCUT2D eigenvalue weighted by atomic mass is 32.2. The molecule has 1 atom stereocenters. The van der Waals surface area contributed by atoms with Gasteiger partial charge in [0.2, 0.25) is 15.9 Å². The van der Waals surface area contributed by atoms with Gasteiger partial charge in [0.25, 0.3) is 0 Å². The van der Waals surface area contributed by atoms with Gasteiger partial charge in [-0.25, -0.2) is 8.42 Å². The predicted molar refractivity (Wildman–Crippen MR) is 84.6 cm³/mol. The van der Waals surface area contributed by atoms with E-state index in [-0.39, 0.29) is 17.3 Å². The highest BCUT2D eigenvalue weighted by Crippen LogP contribution is 2.28. The monoisotopic (exact) mass is 340 g/mol. The van der Waals surface area contributed by atoms with E-state index < -0.39 is 22.0 Å². The number of carboxylic acid groups (broad SMARTS) is 1. The van der Waals surface area contributed by atoms with Gasteiger partial charge in [0.1, 0.15) is 6.04 Å². The second-order valence-corrected chi connectivity index (χ2v) is 7.51. The maximum Gasteiger partial charge on any atom is 0.322 e. The molecule has 7 nitrogen and oxygen atoms in total. The Morgan fingerprint density at radius 3 is 2.61 bits per heavy atom. The summed E-state index contributed by atoms with van der Waals surface area (Å²) in [5.41, 5.74) is 1.13. The molecule has 1 unspecified atom stereocenters. The Kier molecular flexibility index (Phi) is 5.06. The minimum absolute atomic E-state index is 0.0139. The third-order valence-electron chi connectivity index (χ3n) is 3.87. The number of benzene rings is 1. The van der Waals surface area contributed by atoms with E-state index in [1.807, 2.05) is 0 Å². The van der Waals surface area contributed by atoms with E-state index >= 15 is 0 Å². The van der Waals surface area contributed by atoms with Crippen molar-refractivity contribution in [1.29, 1.82) is 0 Å². The second kappa shape index (κ2) is 6.67. The molecule has 8 heteroatoms. The molecule has 1 aliphatic heterocycles. The SMILES string of the molecule is CC(=O)Nc1cc(S(=O)(=O)N2CCCCC2C(=O)O)ccc1C. The highest BCUT2D eigenvalue weighted by molar-refractivity contribution is 7.89. The van der Waals surface area contributed by atoms with Crippen LogP contribution in [0.2, 0.25) is 0 Å². The molecular weight excluding hydrogens is 320 g/mol. The molecule has 0 bridgehead atoms. The summed E-state index contributed by atoms with van der Waals surface area (Å²) in [6.07, 6.45) is 1.63. The summed E-state index contributed by atoms with van der Waals surface area (Å²) >= 11 is 0. The first-order valence-electron chi connectivity index (χ1n) is 7.36. The van der Waals surface area contributed by atoms with Gasteiger partial charge in [-0.15, -0.1) is 0 Å². The number of anilines is 1. The average Bonchev–Trinajstić information content (AvgIpc) is 2.48. The Hall–Kier alpha value is -1.93. The van der Waals surface area contributed by atoms with Crippen molar-refractivity contribution in [3.8, 4) is 0 Å². The first-order chi connectivity index (χ1) is 10.7. The Morgan fingerprint density at radius 2 is 2.00 bits per heavy atom. The number of nitrogens with zero attached hydrogens (tertiary/aromatic N) is 1. The van der Waals surface area contributed by atoms with E-state index in [1.165, 1.54) is 19.1 Å². The molecule has 1 heterocycles. The van der Waals surface area contributed by atoms with Crippen molar-refractivity contribution in [1.82, 2.24) is 4.31 Å². The Morgan fingerprint density at radius 1 is 1.30 bits per heavy atom. The van der Waals surface area contributed by atoms with E-state index in [4.69, 9.17) is 0 Å². The second-order valence-electron chi connectivity index (χ2n) is 5.62. The number of amides is 1. The predicted octanol–water partition coefficient (Wildman–Crippen LogP) is 1.58. The molecule has 126 valence electrons. The lowest BCUT2D eigenvalue weighted by molar-refractivity contribution is -0.142. The fourth-order valence-corrected chi connectivity index (χ4v) is 4.34. The van der Waals surface area contributed by atoms with Crippen LogP contribution in [0.3, 0.4) is 0 Å². The van der Waals surface area contributed by atoms with Crippen LogP contribution in [-0.4, -0.2) is 42.3 Å². The molecular formula is C15H20N2O5S. The maximum absolute atomic E-state index is 12.8. The van der Waals surface area contributed by atoms with Crippen LogP contribution in [0.15, 0.2) is 23.1 Å². The molecule has 2 rings (SSSR count). The van der Waals surface area contributed by atoms with Gasteiger partial charge in [-0.3, -0.25) is 9.59 Å². The van der Waals surface area contributed by atoms with Crippen molar-refractivity contribution in [3.63, 3.8) is 0 Å². The average molecular weight is 340 g/mol. The molecule has 0 spiro atoms. The Labute approximate surface area is 135 Å². The number of hydrogen-bond donors (Lipinski definition) is 2. The van der Waals surface area contributed by atoms with Crippen LogP contribution < -0.4 is 5.32 Å². The molecule has 1 saturated heterocycles. The van der Waals surface area contributed by atoms with Gasteiger partial charge in [0.15, 0.2) is 0 Å². The number of carbonyl (C=O) groups excluding carboxylic acids is 1. The first kappa shape index (κ1) is 17.4. The molecule has 2 N–H and O–H groups in total. The minimum atomic E-state index is -3.93. The number of nitrogens with one attached hydrogen (secondary N) is 1. The van der Waals surface area contributed by atoms with E-state index in [0.29, 0.717) is 24.9 Å². The lowest BCUT2D eigenvalue weighted by Gasteiger charge is -2.32. The van der Waals surface area contributed by atoms with Gasteiger partial charge in [-0.2, -0.15) is 4.31 Å². The number of rotatable bonds is 4. The molecule has 0 saturated carbocycles. The fourth-order valence-electron chi connectivity index (χ4n) is 2.66. The fraction of sp³-hybridized carbons (Fsp3) is 0.467. The summed E-state index contributed by atoms with van der Waals surface area (Å²) < 4.78 is 26.6. The van der Waals surface area contributed by atoms with E-state index in [0.717, 1.165) is 9.87 Å². The quantitative estimate of drug-likeness (QED) is 0.866. The standard InChI is InChI=1S/C15H20N2O5S/c1-10-6-7-12(9-13(10)16-11(2)18)23(21,22)17-8-4-3-5-14(17)15(19)20/h6-7,9,14H,3-5,8H2,1-2H3,(H,16,18)(H,19,20). The lowest BCUT2D eigenvalue weighted by Crippen LogP contribution is -2.47. The van der Waals surface area contributed by atoms with E-state index in [1.54, 1.807) is 13.0 Å². The minimum Gasteiger partial charge on any atom is -0.480 e. The Bertz CT molecular complexity index is 729. The van der Waals surface area contributed by atoms with E-state index in [9.17, 15) is 23.1 Å². The summed E-state index contributed by atoms with van der Waals surface area (Å²) in [6.45, 7) is 3.27. The number of piperidine rings is 1. The molecule has 23 heavy (non-hydrogen) atoms. The number of carbonyl (C=O) groups is 2. The summed E-state index contributed by atoms with van der Waals surface area (Å²) in [6, 6.07) is 3.36. The largest absolute Gasteiger partial charge is 0.480 e. The molecule has 0 radical (unpaired) electrons. The number of hydrogen-bond acceptors (Lipinski definition) is 4. The molecule has 1 aromatic rings. The molecule has 0 aromatic heterocycles. The zero-order valence-electron chi connectivity index (χ0n) is 13.1. The van der Waals surface area contributed by atoms with Gasteiger partial charge in [0.05, 0.1) is 4.90 Å². The van der Waals surface area contributed by atoms with Gasteiger partial charge < -0.3 is 10.4 Å². The first-order valence-corrected chi connectivity index (χ1v) is 8.80. The third-order valence-corrected chi connectivity index (χ3v) is 5.77. The van der Waals surface area contributed by atoms with Crippen molar-refractivity contribution >= 4 is 27.6 Å². The topological polar surface area (TPSA) is 104 Å². The number of aryl methyl sites for hydroxylation is 1. The summed E-state index contributed by atoms with van der Waals surface area (Å²) in [7, 11) is -3.93. The highest BCUT2D eigenvalue weighted by Gasteiger charge is 2.37. The molecule has 1 aromatic carbocycles. The summed E-state index contributed by atoms with van der Waals surface area (Å²) in [5, 5.41) is 11.9. The maximum atomic E-state index is 12.8. The van der Waals surface area contributed by atoms with Crippen LogP contribution >= 0.6 is 0 Å². The lowest BCUT2D eigenvalue weighted by atomic mass is 10.1. The van der Waals surface area contributed by atoms with Crippen molar-refractivity contribution in [3.05, 3.63) is 23.8 Å². The van der Waals surface area contributed by atoms with Crippen LogP contribution in [0.4, 0.5) is 5.69 Å². The molecule has 0 aliphatic carbocycles. The summed E-state index contributed by atoms with van der Waals surface area (Å²) in [4.78, 5) is 22.6. The number of sulfonamides is 1.